The predicted molar refractivity (Wildman–Crippen MR) is 59.6 cm³/mol. The van der Waals surface area contributed by atoms with E-state index in [1.165, 1.54) is 0 Å². The van der Waals surface area contributed by atoms with Crippen LogP contribution in [0.3, 0.4) is 0 Å². The number of hydrogen-bond donors (Lipinski definition) is 2. The Bertz CT molecular complexity index is 464. The van der Waals surface area contributed by atoms with E-state index in [4.69, 9.17) is 0 Å². The molecule has 2 N–H and O–H groups in total. The van der Waals surface area contributed by atoms with Gasteiger partial charge in [-0.05, 0) is 13.1 Å². The number of nitrogens with one attached hydrogen (secondary N) is 1. The molecule has 0 radical (unpaired) electrons. The molecule has 1 heterocycles. The topological polar surface area (TPSA) is 50.1 Å². The van der Waals surface area contributed by atoms with Gasteiger partial charge >= 0.3 is 0 Å². The highest BCUT2D eigenvalue weighted by atomic mass is 16.3. The molecule has 0 amide bonds. The van der Waals surface area contributed by atoms with Crippen molar-refractivity contribution in [3.8, 4) is 0 Å². The molecule has 0 aliphatic heterocycles. The molecule has 0 saturated heterocycles. The lowest BCUT2D eigenvalue weighted by molar-refractivity contribution is 0.173. The summed E-state index contributed by atoms with van der Waals surface area (Å²) in [5.41, 5.74) is 1.78. The third kappa shape index (κ3) is 1.73. The normalized spacial score (nSPS) is 13.3. The molecule has 1 unspecified atom stereocenters. The number of fused-ring (bicyclic) bond motifs is 1. The first-order chi connectivity index (χ1) is 7.24. The smallest absolute Gasteiger partial charge is 0.111 e. The number of aliphatic hydroxyl groups is 1. The van der Waals surface area contributed by atoms with Gasteiger partial charge in [-0.25, -0.2) is 0 Å². The molecule has 0 spiro atoms. The molecule has 80 valence electrons. The minimum Gasteiger partial charge on any atom is -0.385 e. The molecule has 0 aliphatic carbocycles. The number of aromatic nitrogens is 2. The van der Waals surface area contributed by atoms with E-state index in [0.29, 0.717) is 6.54 Å². The van der Waals surface area contributed by atoms with Crippen LogP contribution < -0.4 is 5.32 Å². The molecule has 4 nitrogen and oxygen atoms in total. The summed E-state index contributed by atoms with van der Waals surface area (Å²) in [6.07, 6.45) is -0.555. The van der Waals surface area contributed by atoms with Crippen LogP contribution in [-0.2, 0) is 7.05 Å². The van der Waals surface area contributed by atoms with Gasteiger partial charge < -0.3 is 10.4 Å². The van der Waals surface area contributed by atoms with E-state index in [9.17, 15) is 5.11 Å². The van der Waals surface area contributed by atoms with Crippen molar-refractivity contribution in [1.29, 1.82) is 0 Å². The highest BCUT2D eigenvalue weighted by molar-refractivity contribution is 5.82. The summed E-state index contributed by atoms with van der Waals surface area (Å²) in [4.78, 5) is 0. The maximum atomic E-state index is 9.89. The van der Waals surface area contributed by atoms with E-state index in [2.05, 4.69) is 10.4 Å². The number of aliphatic hydroxyl groups excluding tert-OH is 1. The van der Waals surface area contributed by atoms with Gasteiger partial charge in [0.15, 0.2) is 0 Å². The van der Waals surface area contributed by atoms with Crippen LogP contribution in [0.15, 0.2) is 24.3 Å². The summed E-state index contributed by atoms with van der Waals surface area (Å²) in [5, 5.41) is 18.2. The molecule has 0 saturated carbocycles. The van der Waals surface area contributed by atoms with Crippen molar-refractivity contribution in [1.82, 2.24) is 15.1 Å². The third-order valence-corrected chi connectivity index (χ3v) is 2.50. The Hall–Kier alpha value is -1.39. The van der Waals surface area contributed by atoms with Crippen LogP contribution in [0.4, 0.5) is 0 Å². The first-order valence-electron chi connectivity index (χ1n) is 4.98. The SMILES string of the molecule is CNCC(O)c1nn(C)c2ccccc12. The zero-order valence-electron chi connectivity index (χ0n) is 8.94. The van der Waals surface area contributed by atoms with E-state index in [0.717, 1.165) is 16.6 Å². The molecule has 0 aliphatic rings. The van der Waals surface area contributed by atoms with Gasteiger partial charge in [0.1, 0.15) is 11.8 Å². The Balaban J connectivity index is 2.52. The molecule has 4 heteroatoms. The number of benzene rings is 1. The van der Waals surface area contributed by atoms with Crippen molar-refractivity contribution in [2.75, 3.05) is 13.6 Å². The average Bonchev–Trinajstić information content (AvgIpc) is 2.58. The van der Waals surface area contributed by atoms with E-state index in [1.54, 1.807) is 4.68 Å². The highest BCUT2D eigenvalue weighted by Gasteiger charge is 2.15. The van der Waals surface area contributed by atoms with Crippen molar-refractivity contribution < 1.29 is 5.11 Å². The summed E-state index contributed by atoms with van der Waals surface area (Å²) in [7, 11) is 3.70. The van der Waals surface area contributed by atoms with Crippen LogP contribution in [0.5, 0.6) is 0 Å². The van der Waals surface area contributed by atoms with Crippen molar-refractivity contribution in [3.05, 3.63) is 30.0 Å². The Morgan fingerprint density at radius 1 is 1.47 bits per heavy atom. The molecule has 1 aromatic heterocycles. The molecular formula is C11H15N3O. The first kappa shape index (κ1) is 10.1. The second kappa shape index (κ2) is 4.00. The quantitative estimate of drug-likeness (QED) is 0.780. The molecule has 2 rings (SSSR count). The monoisotopic (exact) mass is 205 g/mol. The summed E-state index contributed by atoms with van der Waals surface area (Å²) >= 11 is 0. The summed E-state index contributed by atoms with van der Waals surface area (Å²) in [6, 6.07) is 7.91. The van der Waals surface area contributed by atoms with E-state index in [1.807, 2.05) is 38.4 Å². The van der Waals surface area contributed by atoms with Crippen molar-refractivity contribution >= 4 is 10.9 Å². The van der Waals surface area contributed by atoms with E-state index >= 15 is 0 Å². The molecule has 2 aromatic rings. The third-order valence-electron chi connectivity index (χ3n) is 2.50. The standard InChI is InChI=1S/C11H15N3O/c1-12-7-10(15)11-8-5-3-4-6-9(8)14(2)13-11/h3-6,10,12,15H,7H2,1-2H3. The van der Waals surface area contributed by atoms with Gasteiger partial charge in [0.2, 0.25) is 0 Å². The lowest BCUT2D eigenvalue weighted by Crippen LogP contribution is -2.17. The fourth-order valence-corrected chi connectivity index (χ4v) is 1.78. The number of hydrogen-bond acceptors (Lipinski definition) is 3. The van der Waals surface area contributed by atoms with Crippen molar-refractivity contribution in [2.24, 2.45) is 7.05 Å². The van der Waals surface area contributed by atoms with Crippen LogP contribution in [0.25, 0.3) is 10.9 Å². The second-order valence-electron chi connectivity index (χ2n) is 3.60. The maximum Gasteiger partial charge on any atom is 0.111 e. The van der Waals surface area contributed by atoms with Gasteiger partial charge in [0.05, 0.1) is 5.52 Å². The Morgan fingerprint density at radius 2 is 2.20 bits per heavy atom. The lowest BCUT2D eigenvalue weighted by Gasteiger charge is -2.06. The fourth-order valence-electron chi connectivity index (χ4n) is 1.78. The Morgan fingerprint density at radius 3 is 2.93 bits per heavy atom. The second-order valence-corrected chi connectivity index (χ2v) is 3.60. The van der Waals surface area contributed by atoms with Gasteiger partial charge in [-0.2, -0.15) is 5.10 Å². The van der Waals surface area contributed by atoms with Crippen LogP contribution in [-0.4, -0.2) is 28.5 Å². The van der Waals surface area contributed by atoms with Gasteiger partial charge in [-0.15, -0.1) is 0 Å². The Kier molecular flexibility index (Phi) is 2.70. The number of aryl methyl sites for hydroxylation is 1. The van der Waals surface area contributed by atoms with Gasteiger partial charge in [0, 0.05) is 19.0 Å². The number of para-hydroxylation sites is 1. The summed E-state index contributed by atoms with van der Waals surface area (Å²) < 4.78 is 1.80. The zero-order chi connectivity index (χ0) is 10.8. The van der Waals surface area contributed by atoms with E-state index < -0.39 is 6.10 Å². The number of nitrogens with zero attached hydrogens (tertiary/aromatic N) is 2. The minimum atomic E-state index is -0.555. The van der Waals surface area contributed by atoms with Gasteiger partial charge in [-0.1, -0.05) is 18.2 Å². The molecule has 15 heavy (non-hydrogen) atoms. The van der Waals surface area contributed by atoms with E-state index in [-0.39, 0.29) is 0 Å². The first-order valence-corrected chi connectivity index (χ1v) is 4.98. The van der Waals surface area contributed by atoms with Crippen LogP contribution in [0, 0.1) is 0 Å². The van der Waals surface area contributed by atoms with Crippen molar-refractivity contribution in [3.63, 3.8) is 0 Å². The van der Waals surface area contributed by atoms with Crippen molar-refractivity contribution in [2.45, 2.75) is 6.10 Å². The average molecular weight is 205 g/mol. The maximum absolute atomic E-state index is 9.89. The minimum absolute atomic E-state index is 0.515. The van der Waals surface area contributed by atoms with Crippen LogP contribution in [0.1, 0.15) is 11.8 Å². The van der Waals surface area contributed by atoms with Gasteiger partial charge in [-0.3, -0.25) is 4.68 Å². The van der Waals surface area contributed by atoms with Crippen LogP contribution in [0.2, 0.25) is 0 Å². The molecule has 0 fully saturated rings. The van der Waals surface area contributed by atoms with Gasteiger partial charge in [0.25, 0.3) is 0 Å². The zero-order valence-corrected chi connectivity index (χ0v) is 8.94. The largest absolute Gasteiger partial charge is 0.385 e. The number of rotatable bonds is 3. The molecule has 1 atom stereocenters. The Labute approximate surface area is 88.5 Å². The lowest BCUT2D eigenvalue weighted by atomic mass is 10.1. The predicted octanol–water partition coefficient (Wildman–Crippen LogP) is 0.826. The highest BCUT2D eigenvalue weighted by Crippen LogP contribution is 2.22. The summed E-state index contributed by atoms with van der Waals surface area (Å²) in [5.74, 6) is 0. The van der Waals surface area contributed by atoms with Crippen LogP contribution >= 0.6 is 0 Å². The molecule has 1 aromatic carbocycles. The molecular weight excluding hydrogens is 190 g/mol. The summed E-state index contributed by atoms with van der Waals surface area (Å²) in [6.45, 7) is 0.515. The number of likely N-dealkylation sites (N-methyl/N-ethyl adjacent to an activating group) is 1. The fraction of sp³-hybridized carbons (Fsp3) is 0.364. The molecule has 0 bridgehead atoms.